The third-order valence-corrected chi connectivity index (χ3v) is 2.67. The van der Waals surface area contributed by atoms with Crippen molar-refractivity contribution in [2.45, 2.75) is 0 Å². The van der Waals surface area contributed by atoms with E-state index in [9.17, 15) is 0 Å². The molecule has 0 atom stereocenters. The van der Waals surface area contributed by atoms with Gasteiger partial charge in [0.05, 0.1) is 13.3 Å². The fourth-order valence-electron chi connectivity index (χ4n) is 1.26. The molecule has 0 spiro atoms. The van der Waals surface area contributed by atoms with Crippen molar-refractivity contribution in [3.05, 3.63) is 28.9 Å². The Hall–Kier alpha value is -1.49. The molecule has 0 aliphatic heterocycles. The molecule has 0 radical (unpaired) electrons. The molecule has 0 amide bonds. The summed E-state index contributed by atoms with van der Waals surface area (Å²) in [6.07, 6.45) is 1.48. The first-order valence-corrected chi connectivity index (χ1v) is 5.05. The Morgan fingerprint density at radius 2 is 2.27 bits per heavy atom. The smallest absolute Gasteiger partial charge is 0.190 e. The molecule has 2 N–H and O–H groups in total. The molecule has 0 saturated carbocycles. The zero-order chi connectivity index (χ0) is 10.8. The Labute approximate surface area is 95.1 Å². The van der Waals surface area contributed by atoms with Crippen LogP contribution in [0.3, 0.4) is 0 Å². The quantitative estimate of drug-likeness (QED) is 0.910. The minimum Gasteiger partial charge on any atom is -0.497 e. The van der Waals surface area contributed by atoms with Gasteiger partial charge in [0.2, 0.25) is 0 Å². The highest BCUT2D eigenvalue weighted by atomic mass is 79.9. The van der Waals surface area contributed by atoms with Gasteiger partial charge < -0.3 is 15.0 Å². The van der Waals surface area contributed by atoms with Crippen LogP contribution in [0, 0.1) is 0 Å². The lowest BCUT2D eigenvalue weighted by Crippen LogP contribution is -1.87. The fourth-order valence-corrected chi connectivity index (χ4v) is 1.80. The molecule has 0 bridgehead atoms. The summed E-state index contributed by atoms with van der Waals surface area (Å²) < 4.78 is 11.0. The van der Waals surface area contributed by atoms with E-state index in [0.29, 0.717) is 11.4 Å². The van der Waals surface area contributed by atoms with Gasteiger partial charge in [-0.1, -0.05) is 5.16 Å². The number of nitrogens with two attached hydrogens (primary N) is 1. The highest BCUT2D eigenvalue weighted by molar-refractivity contribution is 9.10. The van der Waals surface area contributed by atoms with Crippen LogP contribution in [0.25, 0.3) is 11.3 Å². The van der Waals surface area contributed by atoms with Gasteiger partial charge >= 0.3 is 0 Å². The minimum absolute atomic E-state index is 0.515. The molecular formula is C10H9BrN2O2. The van der Waals surface area contributed by atoms with E-state index in [1.54, 1.807) is 7.11 Å². The van der Waals surface area contributed by atoms with Gasteiger partial charge in [0.1, 0.15) is 11.4 Å². The maximum atomic E-state index is 5.70. The van der Waals surface area contributed by atoms with Crippen molar-refractivity contribution in [2.75, 3.05) is 12.8 Å². The number of methoxy groups -OCH3 is 1. The van der Waals surface area contributed by atoms with Crippen molar-refractivity contribution < 1.29 is 9.26 Å². The average molecular weight is 269 g/mol. The number of hydrogen-bond acceptors (Lipinski definition) is 4. The summed E-state index contributed by atoms with van der Waals surface area (Å²) >= 11 is 3.42. The van der Waals surface area contributed by atoms with Crippen LogP contribution >= 0.6 is 15.9 Å². The monoisotopic (exact) mass is 268 g/mol. The average Bonchev–Trinajstić information content (AvgIpc) is 2.64. The minimum atomic E-state index is 0.515. The molecule has 0 unspecified atom stereocenters. The van der Waals surface area contributed by atoms with Crippen LogP contribution in [0.15, 0.2) is 33.4 Å². The molecule has 0 aliphatic carbocycles. The van der Waals surface area contributed by atoms with Gasteiger partial charge in [-0.3, -0.25) is 0 Å². The van der Waals surface area contributed by atoms with E-state index in [2.05, 4.69) is 21.1 Å². The van der Waals surface area contributed by atoms with Crippen molar-refractivity contribution in [3.8, 4) is 17.1 Å². The van der Waals surface area contributed by atoms with E-state index in [4.69, 9.17) is 15.0 Å². The van der Waals surface area contributed by atoms with Crippen molar-refractivity contribution in [1.29, 1.82) is 0 Å². The molecule has 78 valence electrons. The second-order valence-corrected chi connectivity index (χ2v) is 3.81. The van der Waals surface area contributed by atoms with Gasteiger partial charge in [-0.25, -0.2) is 0 Å². The number of nitrogen functional groups attached to an aromatic ring is 1. The number of hydrogen-bond donors (Lipinski definition) is 1. The van der Waals surface area contributed by atoms with Crippen LogP contribution in [0.1, 0.15) is 0 Å². The largest absolute Gasteiger partial charge is 0.497 e. The number of halogens is 1. The number of ether oxygens (including phenoxy) is 1. The topological polar surface area (TPSA) is 61.3 Å². The molecule has 1 aromatic carbocycles. The van der Waals surface area contributed by atoms with Crippen LogP contribution in [0.2, 0.25) is 0 Å². The molecule has 2 rings (SSSR count). The van der Waals surface area contributed by atoms with Gasteiger partial charge in [-0.05, 0) is 34.1 Å². The van der Waals surface area contributed by atoms with E-state index in [1.807, 2.05) is 18.2 Å². The van der Waals surface area contributed by atoms with Crippen molar-refractivity contribution in [2.24, 2.45) is 0 Å². The van der Waals surface area contributed by atoms with Crippen LogP contribution in [-0.2, 0) is 0 Å². The molecule has 1 heterocycles. The van der Waals surface area contributed by atoms with Crippen LogP contribution < -0.4 is 10.5 Å². The fraction of sp³-hybridized carbons (Fsp3) is 0.100. The standard InChI is InChI=1S/C10H9BrN2O2/c1-14-6-2-3-7(8(11)4-6)10-9(12)5-13-15-10/h2-5H,12H2,1H3. The Morgan fingerprint density at radius 3 is 2.80 bits per heavy atom. The van der Waals surface area contributed by atoms with Gasteiger partial charge in [-0.15, -0.1) is 0 Å². The van der Waals surface area contributed by atoms with Crippen LogP contribution in [0.5, 0.6) is 5.75 Å². The van der Waals surface area contributed by atoms with Crippen molar-refractivity contribution in [1.82, 2.24) is 5.16 Å². The van der Waals surface area contributed by atoms with Crippen molar-refractivity contribution >= 4 is 21.6 Å². The molecule has 2 aromatic rings. The summed E-state index contributed by atoms with van der Waals surface area (Å²) in [7, 11) is 1.62. The summed E-state index contributed by atoms with van der Waals surface area (Å²) in [6, 6.07) is 5.54. The molecule has 15 heavy (non-hydrogen) atoms. The lowest BCUT2D eigenvalue weighted by Gasteiger charge is -2.04. The first-order valence-electron chi connectivity index (χ1n) is 4.26. The van der Waals surface area contributed by atoms with Crippen LogP contribution in [0.4, 0.5) is 5.69 Å². The Bertz CT molecular complexity index is 482. The summed E-state index contributed by atoms with van der Waals surface area (Å²) in [5, 5.41) is 3.63. The van der Waals surface area contributed by atoms with E-state index in [1.165, 1.54) is 6.20 Å². The van der Waals surface area contributed by atoms with E-state index in [0.717, 1.165) is 15.8 Å². The molecule has 5 heteroatoms. The van der Waals surface area contributed by atoms with Crippen molar-refractivity contribution in [3.63, 3.8) is 0 Å². The summed E-state index contributed by atoms with van der Waals surface area (Å²) in [4.78, 5) is 0. The predicted molar refractivity (Wildman–Crippen MR) is 60.6 cm³/mol. The van der Waals surface area contributed by atoms with E-state index < -0.39 is 0 Å². The van der Waals surface area contributed by atoms with Gasteiger partial charge in [0.25, 0.3) is 0 Å². The highest BCUT2D eigenvalue weighted by Crippen LogP contribution is 2.34. The SMILES string of the molecule is COc1ccc(-c2oncc2N)c(Br)c1. The number of nitrogens with zero attached hydrogens (tertiary/aromatic N) is 1. The number of aromatic nitrogens is 1. The molecule has 1 aromatic heterocycles. The first kappa shape index (κ1) is 10.0. The summed E-state index contributed by atoms with van der Waals surface area (Å²) in [5.41, 5.74) is 7.07. The van der Waals surface area contributed by atoms with Gasteiger partial charge in [-0.2, -0.15) is 0 Å². The lowest BCUT2D eigenvalue weighted by molar-refractivity contribution is 0.414. The number of benzene rings is 1. The van der Waals surface area contributed by atoms with Gasteiger partial charge in [0, 0.05) is 10.0 Å². The summed E-state index contributed by atoms with van der Waals surface area (Å²) in [6.45, 7) is 0. The van der Waals surface area contributed by atoms with Crippen LogP contribution in [-0.4, -0.2) is 12.3 Å². The zero-order valence-electron chi connectivity index (χ0n) is 8.03. The Morgan fingerprint density at radius 1 is 1.47 bits per heavy atom. The third kappa shape index (κ3) is 1.83. The molecular weight excluding hydrogens is 260 g/mol. The first-order chi connectivity index (χ1) is 7.22. The lowest BCUT2D eigenvalue weighted by atomic mass is 10.1. The zero-order valence-corrected chi connectivity index (χ0v) is 9.61. The highest BCUT2D eigenvalue weighted by Gasteiger charge is 2.11. The number of anilines is 1. The Kier molecular flexibility index (Phi) is 2.64. The maximum Gasteiger partial charge on any atom is 0.190 e. The third-order valence-electron chi connectivity index (χ3n) is 2.02. The molecule has 0 saturated heterocycles. The maximum absolute atomic E-state index is 5.70. The normalized spacial score (nSPS) is 10.3. The molecule has 4 nitrogen and oxygen atoms in total. The Balaban J connectivity index is 2.50. The molecule has 0 fully saturated rings. The second kappa shape index (κ2) is 3.94. The molecule has 0 aliphatic rings. The van der Waals surface area contributed by atoms with Gasteiger partial charge in [0.15, 0.2) is 5.76 Å². The van der Waals surface area contributed by atoms with E-state index in [-0.39, 0.29) is 0 Å². The number of rotatable bonds is 2. The second-order valence-electron chi connectivity index (χ2n) is 2.96. The van der Waals surface area contributed by atoms with E-state index >= 15 is 0 Å². The predicted octanol–water partition coefficient (Wildman–Crippen LogP) is 2.69. The summed E-state index contributed by atoms with van der Waals surface area (Å²) in [5.74, 6) is 1.33.